The molecular formula is C17H28N2O4. The van der Waals surface area contributed by atoms with E-state index in [1.807, 2.05) is 6.07 Å². The third-order valence-electron chi connectivity index (χ3n) is 3.68. The van der Waals surface area contributed by atoms with Crippen LogP contribution in [-0.4, -0.2) is 36.4 Å². The average molecular weight is 324 g/mol. The predicted octanol–water partition coefficient (Wildman–Crippen LogP) is 3.42. The molecule has 0 aliphatic heterocycles. The van der Waals surface area contributed by atoms with E-state index in [1.165, 1.54) is 19.3 Å². The summed E-state index contributed by atoms with van der Waals surface area (Å²) in [6.07, 6.45) is 5.00. The lowest BCUT2D eigenvalue weighted by molar-refractivity contribution is 0.190. The summed E-state index contributed by atoms with van der Waals surface area (Å²) in [5.41, 5.74) is 1.73. The second-order valence-electron chi connectivity index (χ2n) is 5.67. The van der Waals surface area contributed by atoms with Crippen LogP contribution in [0.2, 0.25) is 0 Å². The van der Waals surface area contributed by atoms with Crippen molar-refractivity contribution in [1.29, 1.82) is 0 Å². The SMILES string of the molecule is CCCCCCc1cc(OC)c(CC(C)NC(=O)O)nc1OC. The van der Waals surface area contributed by atoms with Crippen molar-refractivity contribution in [1.82, 2.24) is 10.3 Å². The van der Waals surface area contributed by atoms with Crippen LogP contribution in [-0.2, 0) is 12.8 Å². The average Bonchev–Trinajstić information content (AvgIpc) is 2.51. The van der Waals surface area contributed by atoms with Crippen molar-refractivity contribution in [2.45, 2.75) is 58.4 Å². The summed E-state index contributed by atoms with van der Waals surface area (Å²) in [5, 5.41) is 11.2. The summed E-state index contributed by atoms with van der Waals surface area (Å²) < 4.78 is 10.8. The molecule has 0 aromatic carbocycles. The first kappa shape index (κ1) is 19.1. The topological polar surface area (TPSA) is 80.7 Å². The molecule has 130 valence electrons. The molecule has 1 unspecified atom stereocenters. The van der Waals surface area contributed by atoms with Crippen molar-refractivity contribution in [3.05, 3.63) is 17.3 Å². The molecule has 1 aromatic rings. The van der Waals surface area contributed by atoms with Gasteiger partial charge in [0.1, 0.15) is 5.75 Å². The fourth-order valence-electron chi connectivity index (χ4n) is 2.53. The first-order chi connectivity index (χ1) is 11.0. The fraction of sp³-hybridized carbons (Fsp3) is 0.647. The molecule has 1 rings (SSSR count). The van der Waals surface area contributed by atoms with Gasteiger partial charge in [-0.15, -0.1) is 0 Å². The summed E-state index contributed by atoms with van der Waals surface area (Å²) in [6.45, 7) is 3.98. The minimum Gasteiger partial charge on any atom is -0.495 e. The van der Waals surface area contributed by atoms with Crippen LogP contribution in [0.15, 0.2) is 6.07 Å². The maximum Gasteiger partial charge on any atom is 0.404 e. The number of hydrogen-bond donors (Lipinski definition) is 2. The fourth-order valence-corrected chi connectivity index (χ4v) is 2.53. The number of amides is 1. The largest absolute Gasteiger partial charge is 0.495 e. The van der Waals surface area contributed by atoms with Crippen molar-refractivity contribution in [2.24, 2.45) is 0 Å². The van der Waals surface area contributed by atoms with E-state index >= 15 is 0 Å². The zero-order valence-corrected chi connectivity index (χ0v) is 14.5. The first-order valence-electron chi connectivity index (χ1n) is 8.12. The van der Waals surface area contributed by atoms with Gasteiger partial charge in [0.25, 0.3) is 0 Å². The second kappa shape index (κ2) is 9.92. The molecule has 1 amide bonds. The van der Waals surface area contributed by atoms with Gasteiger partial charge in [0.15, 0.2) is 0 Å². The van der Waals surface area contributed by atoms with Crippen LogP contribution in [0.25, 0.3) is 0 Å². The van der Waals surface area contributed by atoms with E-state index in [2.05, 4.69) is 17.2 Å². The number of aromatic nitrogens is 1. The standard InChI is InChI=1S/C17H28N2O4/c1-5-6-7-8-9-13-11-15(22-3)14(19-16(13)23-4)10-12(2)18-17(20)21/h11-12,18H,5-10H2,1-4H3,(H,20,21). The van der Waals surface area contributed by atoms with Crippen LogP contribution in [0.1, 0.15) is 50.8 Å². The van der Waals surface area contributed by atoms with Gasteiger partial charge in [-0.2, -0.15) is 0 Å². The number of pyridine rings is 1. The monoisotopic (exact) mass is 324 g/mol. The van der Waals surface area contributed by atoms with Crippen molar-refractivity contribution in [3.8, 4) is 11.6 Å². The van der Waals surface area contributed by atoms with Crippen molar-refractivity contribution < 1.29 is 19.4 Å². The Labute approximate surface area is 138 Å². The highest BCUT2D eigenvalue weighted by Crippen LogP contribution is 2.27. The van der Waals surface area contributed by atoms with Crippen LogP contribution in [0.3, 0.4) is 0 Å². The summed E-state index contributed by atoms with van der Waals surface area (Å²) in [7, 11) is 3.20. The highest BCUT2D eigenvalue weighted by atomic mass is 16.5. The maximum absolute atomic E-state index is 10.7. The number of aryl methyl sites for hydroxylation is 1. The first-order valence-corrected chi connectivity index (χ1v) is 8.12. The Bertz CT molecular complexity index is 506. The van der Waals surface area contributed by atoms with Crippen LogP contribution in [0.4, 0.5) is 4.79 Å². The molecule has 0 bridgehead atoms. The molecule has 0 spiro atoms. The summed E-state index contributed by atoms with van der Waals surface area (Å²) in [6, 6.07) is 1.70. The van der Waals surface area contributed by atoms with Crippen LogP contribution in [0.5, 0.6) is 11.6 Å². The lowest BCUT2D eigenvalue weighted by atomic mass is 10.0. The van der Waals surface area contributed by atoms with Crippen molar-refractivity contribution >= 4 is 6.09 Å². The molecule has 0 fully saturated rings. The second-order valence-corrected chi connectivity index (χ2v) is 5.67. The molecule has 6 heteroatoms. The Balaban J connectivity index is 2.89. The third kappa shape index (κ3) is 6.34. The molecule has 0 aliphatic rings. The van der Waals surface area contributed by atoms with Gasteiger partial charge in [0.05, 0.1) is 19.9 Å². The number of nitrogens with zero attached hydrogens (tertiary/aromatic N) is 1. The predicted molar refractivity (Wildman–Crippen MR) is 89.5 cm³/mol. The molecule has 23 heavy (non-hydrogen) atoms. The third-order valence-corrected chi connectivity index (χ3v) is 3.68. The Hall–Kier alpha value is -1.98. The molecule has 0 aliphatic carbocycles. The number of methoxy groups -OCH3 is 2. The van der Waals surface area contributed by atoms with Gasteiger partial charge in [-0.1, -0.05) is 26.2 Å². The molecule has 0 saturated carbocycles. The van der Waals surface area contributed by atoms with Gasteiger partial charge in [0.2, 0.25) is 5.88 Å². The molecule has 1 aromatic heterocycles. The lowest BCUT2D eigenvalue weighted by Crippen LogP contribution is -2.33. The minimum atomic E-state index is -1.05. The number of nitrogens with one attached hydrogen (secondary N) is 1. The lowest BCUT2D eigenvalue weighted by Gasteiger charge is -2.16. The number of ether oxygens (including phenoxy) is 2. The molecule has 1 atom stereocenters. The number of rotatable bonds is 10. The quantitative estimate of drug-likeness (QED) is 0.645. The van der Waals surface area contributed by atoms with Gasteiger partial charge in [-0.3, -0.25) is 0 Å². The Kier molecular flexibility index (Phi) is 8.22. The van der Waals surface area contributed by atoms with Gasteiger partial charge in [-0.25, -0.2) is 9.78 Å². The number of carboxylic acid groups (broad SMARTS) is 1. The smallest absolute Gasteiger partial charge is 0.404 e. The van der Waals surface area contributed by atoms with Gasteiger partial charge in [-0.05, 0) is 25.8 Å². The number of unbranched alkanes of at least 4 members (excludes halogenated alkanes) is 3. The highest BCUT2D eigenvalue weighted by molar-refractivity contribution is 5.64. The van der Waals surface area contributed by atoms with E-state index < -0.39 is 6.09 Å². The molecule has 0 saturated heterocycles. The van der Waals surface area contributed by atoms with Crippen LogP contribution in [0, 0.1) is 0 Å². The maximum atomic E-state index is 10.7. The molecule has 6 nitrogen and oxygen atoms in total. The zero-order chi connectivity index (χ0) is 17.2. The normalized spacial score (nSPS) is 11.8. The zero-order valence-electron chi connectivity index (χ0n) is 14.5. The van der Waals surface area contributed by atoms with Crippen molar-refractivity contribution in [2.75, 3.05) is 14.2 Å². The minimum absolute atomic E-state index is 0.256. The van der Waals surface area contributed by atoms with Gasteiger partial charge in [0, 0.05) is 18.0 Å². The highest BCUT2D eigenvalue weighted by Gasteiger charge is 2.16. The Morgan fingerprint density at radius 3 is 2.61 bits per heavy atom. The summed E-state index contributed by atoms with van der Waals surface area (Å²) >= 11 is 0. The van der Waals surface area contributed by atoms with Gasteiger partial charge < -0.3 is 19.9 Å². The number of hydrogen-bond acceptors (Lipinski definition) is 4. The summed E-state index contributed by atoms with van der Waals surface area (Å²) in [5.74, 6) is 1.27. The molecule has 1 heterocycles. The summed E-state index contributed by atoms with van der Waals surface area (Å²) in [4.78, 5) is 15.2. The van der Waals surface area contributed by atoms with E-state index in [-0.39, 0.29) is 6.04 Å². The van der Waals surface area contributed by atoms with Crippen molar-refractivity contribution in [3.63, 3.8) is 0 Å². The van der Waals surface area contributed by atoms with E-state index in [0.717, 1.165) is 18.4 Å². The van der Waals surface area contributed by atoms with E-state index in [9.17, 15) is 4.79 Å². The van der Waals surface area contributed by atoms with Crippen LogP contribution < -0.4 is 14.8 Å². The molecule has 2 N–H and O–H groups in total. The molecule has 0 radical (unpaired) electrons. The molecular weight excluding hydrogens is 296 g/mol. The van der Waals surface area contributed by atoms with Gasteiger partial charge >= 0.3 is 6.09 Å². The van der Waals surface area contributed by atoms with E-state index in [0.29, 0.717) is 23.7 Å². The van der Waals surface area contributed by atoms with E-state index in [4.69, 9.17) is 14.6 Å². The number of carbonyl (C=O) groups is 1. The Morgan fingerprint density at radius 1 is 1.30 bits per heavy atom. The van der Waals surface area contributed by atoms with E-state index in [1.54, 1.807) is 21.1 Å². The van der Waals surface area contributed by atoms with Crippen LogP contribution >= 0.6 is 0 Å². The Morgan fingerprint density at radius 2 is 2.04 bits per heavy atom.